The lowest BCUT2D eigenvalue weighted by atomic mass is 10.1. The zero-order valence-corrected chi connectivity index (χ0v) is 15.6. The van der Waals surface area contributed by atoms with E-state index in [-0.39, 0.29) is 32.8 Å². The Hall–Kier alpha value is -1.32. The van der Waals surface area contributed by atoms with Crippen molar-refractivity contribution in [3.05, 3.63) is 0 Å². The topological polar surface area (TPSA) is 106 Å². The molecule has 9 nitrogen and oxygen atoms in total. The number of nitrogens with zero attached hydrogens (tertiary/aromatic N) is 3. The molecule has 0 unspecified atom stereocenters. The molecule has 138 valence electrons. The van der Waals surface area contributed by atoms with Gasteiger partial charge in [-0.3, -0.25) is 4.90 Å². The molecule has 0 bridgehead atoms. The predicted molar refractivity (Wildman–Crippen MR) is 86.6 cm³/mol. The van der Waals surface area contributed by atoms with E-state index in [1.807, 2.05) is 0 Å². The van der Waals surface area contributed by atoms with E-state index in [2.05, 4.69) is 4.99 Å². The van der Waals surface area contributed by atoms with Crippen molar-refractivity contribution in [3.63, 3.8) is 0 Å². The van der Waals surface area contributed by atoms with Gasteiger partial charge in [-0.25, -0.2) is 18.0 Å². The highest BCUT2D eigenvalue weighted by Crippen LogP contribution is 2.25. The van der Waals surface area contributed by atoms with Gasteiger partial charge in [-0.05, 0) is 20.8 Å². The zero-order valence-electron chi connectivity index (χ0n) is 14.7. The second-order valence-electron chi connectivity index (χ2n) is 6.56. The smallest absolute Gasteiger partial charge is 0.352 e. The molecule has 1 heterocycles. The molecule has 1 saturated heterocycles. The molecule has 0 radical (unpaired) electrons. The molecule has 1 aliphatic rings. The van der Waals surface area contributed by atoms with Crippen molar-refractivity contribution in [2.24, 2.45) is 4.99 Å². The van der Waals surface area contributed by atoms with E-state index >= 15 is 0 Å². The lowest BCUT2D eigenvalue weighted by molar-refractivity contribution is -0.165. The third-order valence-electron chi connectivity index (χ3n) is 3.68. The van der Waals surface area contributed by atoms with Crippen LogP contribution in [-0.2, 0) is 29.1 Å². The number of hydrogen-bond acceptors (Lipinski definition) is 8. The molecule has 1 fully saturated rings. The Morgan fingerprint density at radius 1 is 1.21 bits per heavy atom. The van der Waals surface area contributed by atoms with Crippen LogP contribution >= 0.6 is 0 Å². The molecule has 1 rings (SSSR count). The van der Waals surface area contributed by atoms with Crippen LogP contribution in [0.3, 0.4) is 0 Å². The first-order valence-electron chi connectivity index (χ1n) is 7.48. The monoisotopic (exact) mass is 363 g/mol. The lowest BCUT2D eigenvalue weighted by Crippen LogP contribution is -2.63. The number of sulfonamides is 1. The number of hydrogen-bond donors (Lipinski definition) is 0. The Morgan fingerprint density at radius 3 is 2.12 bits per heavy atom. The third kappa shape index (κ3) is 5.09. The van der Waals surface area contributed by atoms with E-state index in [9.17, 15) is 18.0 Å². The minimum absolute atomic E-state index is 0.182. The van der Waals surface area contributed by atoms with Gasteiger partial charge in [-0.2, -0.15) is 9.30 Å². The fourth-order valence-electron chi connectivity index (χ4n) is 2.37. The summed E-state index contributed by atoms with van der Waals surface area (Å²) in [5.41, 5.74) is -2.24. The van der Waals surface area contributed by atoms with Crippen LogP contribution in [0.1, 0.15) is 20.8 Å². The van der Waals surface area contributed by atoms with Crippen LogP contribution in [0.5, 0.6) is 0 Å². The van der Waals surface area contributed by atoms with Crippen LogP contribution in [0.25, 0.3) is 0 Å². The van der Waals surface area contributed by atoms with Gasteiger partial charge in [0.2, 0.25) is 21.8 Å². The van der Waals surface area contributed by atoms with Gasteiger partial charge < -0.3 is 9.47 Å². The van der Waals surface area contributed by atoms with Gasteiger partial charge in [0.25, 0.3) is 0 Å². The van der Waals surface area contributed by atoms with Crippen molar-refractivity contribution in [1.29, 1.82) is 0 Å². The van der Waals surface area contributed by atoms with Gasteiger partial charge in [0, 0.05) is 26.2 Å². The van der Waals surface area contributed by atoms with Crippen LogP contribution in [0.4, 0.5) is 0 Å². The Kier molecular flexibility index (Phi) is 6.66. The lowest BCUT2D eigenvalue weighted by Gasteiger charge is -2.42. The average molecular weight is 363 g/mol. The minimum Gasteiger partial charge on any atom is -0.466 e. The minimum atomic E-state index is -3.32. The zero-order chi connectivity index (χ0) is 18.6. The van der Waals surface area contributed by atoms with Gasteiger partial charge in [0.15, 0.2) is 0 Å². The average Bonchev–Trinajstić information content (AvgIpc) is 2.49. The molecule has 0 spiro atoms. The number of carbonyl (C=O) groups excluding carboxylic acids is 2. The van der Waals surface area contributed by atoms with Crippen molar-refractivity contribution >= 4 is 22.1 Å². The molecule has 0 aromatic heterocycles. The van der Waals surface area contributed by atoms with E-state index in [1.54, 1.807) is 25.7 Å². The van der Waals surface area contributed by atoms with E-state index in [0.29, 0.717) is 0 Å². The first-order valence-corrected chi connectivity index (χ1v) is 9.33. The largest absolute Gasteiger partial charge is 0.466 e. The Balaban J connectivity index is 3.09. The number of esters is 1. The summed E-state index contributed by atoms with van der Waals surface area (Å²) in [7, 11) is -2.12. The number of methoxy groups -OCH3 is 1. The molecular weight excluding hydrogens is 338 g/mol. The Bertz CT molecular complexity index is 600. The molecule has 1 atom stereocenters. The van der Waals surface area contributed by atoms with Gasteiger partial charge in [-0.1, -0.05) is 0 Å². The molecule has 24 heavy (non-hydrogen) atoms. The van der Waals surface area contributed by atoms with Crippen molar-refractivity contribution in [1.82, 2.24) is 9.21 Å². The van der Waals surface area contributed by atoms with E-state index in [0.717, 1.165) is 6.26 Å². The quantitative estimate of drug-likeness (QED) is 0.359. The van der Waals surface area contributed by atoms with E-state index in [4.69, 9.17) is 9.47 Å². The molecule has 0 aliphatic carbocycles. The van der Waals surface area contributed by atoms with E-state index in [1.165, 1.54) is 17.5 Å². The molecule has 1 aliphatic heterocycles. The second-order valence-corrected chi connectivity index (χ2v) is 8.54. The summed E-state index contributed by atoms with van der Waals surface area (Å²) in [5.74, 6) is -0.747. The van der Waals surface area contributed by atoms with Crippen LogP contribution in [0, 0.1) is 0 Å². The first kappa shape index (κ1) is 20.7. The highest BCUT2D eigenvalue weighted by molar-refractivity contribution is 7.88. The fourth-order valence-corrected chi connectivity index (χ4v) is 3.20. The number of piperazine rings is 1. The second kappa shape index (κ2) is 7.71. The normalized spacial score (nSPS) is 20.0. The van der Waals surface area contributed by atoms with E-state index < -0.39 is 27.3 Å². The summed E-state index contributed by atoms with van der Waals surface area (Å²) in [5, 5.41) is 0. The van der Waals surface area contributed by atoms with Crippen molar-refractivity contribution < 1.29 is 27.5 Å². The van der Waals surface area contributed by atoms with Gasteiger partial charge in [0.05, 0.1) is 25.6 Å². The van der Waals surface area contributed by atoms with Crippen molar-refractivity contribution in [2.45, 2.75) is 32.0 Å². The maximum Gasteiger partial charge on any atom is 0.352 e. The number of rotatable bonds is 6. The third-order valence-corrected chi connectivity index (χ3v) is 4.98. The predicted octanol–water partition coefficient (Wildman–Crippen LogP) is -0.416. The number of aliphatic imine (C=N–C) groups is 1. The highest BCUT2D eigenvalue weighted by Gasteiger charge is 2.48. The van der Waals surface area contributed by atoms with Crippen LogP contribution in [-0.4, -0.2) is 87.1 Å². The number of carbonyl (C=O) groups is 1. The van der Waals surface area contributed by atoms with Crippen LogP contribution in [0.15, 0.2) is 4.99 Å². The van der Waals surface area contributed by atoms with Crippen molar-refractivity contribution in [2.75, 3.05) is 46.2 Å². The maximum absolute atomic E-state index is 12.4. The molecule has 0 saturated carbocycles. The SMILES string of the molecule is COC(=O)[C@](COC(C)(C)C)(N=C=O)N1CCN(S(C)(=O)=O)CC1. The summed E-state index contributed by atoms with van der Waals surface area (Å²) in [6, 6.07) is 0. The molecule has 0 amide bonds. The summed E-state index contributed by atoms with van der Waals surface area (Å²) in [6.45, 7) is 6.01. The number of ether oxygens (including phenoxy) is 2. The molecule has 10 heteroatoms. The molecule has 0 aromatic rings. The van der Waals surface area contributed by atoms with Crippen molar-refractivity contribution in [3.8, 4) is 0 Å². The molecule has 0 N–H and O–H groups in total. The summed E-state index contributed by atoms with van der Waals surface area (Å²) < 4.78 is 35.0. The van der Waals surface area contributed by atoms with Gasteiger partial charge >= 0.3 is 5.97 Å². The summed E-state index contributed by atoms with van der Waals surface area (Å²) in [6.07, 6.45) is 2.55. The molecule has 0 aromatic carbocycles. The van der Waals surface area contributed by atoms with Crippen LogP contribution in [0.2, 0.25) is 0 Å². The van der Waals surface area contributed by atoms with Crippen LogP contribution < -0.4 is 0 Å². The fraction of sp³-hybridized carbons (Fsp3) is 0.857. The maximum atomic E-state index is 12.4. The Morgan fingerprint density at radius 2 is 1.75 bits per heavy atom. The van der Waals surface area contributed by atoms with Gasteiger partial charge in [-0.15, -0.1) is 0 Å². The standard InChI is InChI=1S/C14H25N3O6S/c1-13(2,3)23-10-14(15-11-18,12(19)22-4)16-6-8-17(9-7-16)24(5,20)21/h6-10H2,1-5H3/t14-/m1/s1. The number of isocyanates is 1. The Labute approximate surface area is 142 Å². The first-order chi connectivity index (χ1) is 11.0. The van der Waals surface area contributed by atoms with Gasteiger partial charge in [0.1, 0.15) is 0 Å². The summed E-state index contributed by atoms with van der Waals surface area (Å²) in [4.78, 5) is 28.6. The highest BCUT2D eigenvalue weighted by atomic mass is 32.2. The summed E-state index contributed by atoms with van der Waals surface area (Å²) >= 11 is 0. The molecular formula is C14H25N3O6S.